The minimum Gasteiger partial charge on any atom is -0.324 e. The van der Waals surface area contributed by atoms with E-state index >= 15 is 4.48 Å². The molecule has 9 rings (SSSR count). The number of aromatic amines is 1. The molecule has 5 heterocycles. The minimum absolute atomic E-state index is 0.118. The number of rotatable bonds is 15. The van der Waals surface area contributed by atoms with E-state index in [0.29, 0.717) is 50.2 Å². The molecule has 9 heteroatoms. The summed E-state index contributed by atoms with van der Waals surface area (Å²) in [5, 5.41) is 3.26. The van der Waals surface area contributed by atoms with Gasteiger partial charge in [0.1, 0.15) is 11.3 Å². The molecule has 2 aliphatic heterocycles. The van der Waals surface area contributed by atoms with Crippen LogP contribution in [0, 0.1) is 0 Å². The third-order valence-corrected chi connectivity index (χ3v) is 11.6. The molecule has 0 spiro atoms. The molecule has 7 aromatic rings. The van der Waals surface area contributed by atoms with Crippen molar-refractivity contribution in [1.29, 1.82) is 0 Å². The zero-order chi connectivity index (χ0) is 38.6. The molecule has 1 N–H and O–H groups in total. The molecule has 0 atom stereocenters. The summed E-state index contributed by atoms with van der Waals surface area (Å²) in [5.41, 5.74) is 6.07. The third kappa shape index (κ3) is 7.43. The first kappa shape index (κ1) is 36.8. The van der Waals surface area contributed by atoms with E-state index < -0.39 is 0 Å². The van der Waals surface area contributed by atoms with E-state index in [1.54, 1.807) is 0 Å². The van der Waals surface area contributed by atoms with Gasteiger partial charge in [-0.05, 0) is 18.4 Å². The Morgan fingerprint density at radius 1 is 0.439 bits per heavy atom. The molecule has 8 bridgehead atoms. The van der Waals surface area contributed by atoms with Gasteiger partial charge in [-0.25, -0.2) is 29.9 Å². The SMILES string of the molecule is CCCCCCCCCCCCCCCCc1cccc2c3nc4nc(nc5c6ccccc6c(nc6nc(nc([nH]3)c12)-c1ccccc1-6)n5F)-c1ccccc1-4. The summed E-state index contributed by atoms with van der Waals surface area (Å²) in [4.78, 5) is 34.2. The Bertz CT molecular complexity index is 2730. The fourth-order valence-corrected chi connectivity index (χ4v) is 8.54. The molecule has 0 radical (unpaired) electrons. The Labute approximate surface area is 332 Å². The summed E-state index contributed by atoms with van der Waals surface area (Å²) in [6.07, 6.45) is 19.6. The average molecular weight is 757 g/mol. The van der Waals surface area contributed by atoms with E-state index in [4.69, 9.17) is 29.9 Å². The summed E-state index contributed by atoms with van der Waals surface area (Å²) in [5.74, 6) is 1.81. The van der Waals surface area contributed by atoms with Crippen molar-refractivity contribution in [2.24, 2.45) is 0 Å². The number of nitrogens with one attached hydrogen (secondary N) is 1. The monoisotopic (exact) mass is 756 g/mol. The molecule has 0 fully saturated rings. The second kappa shape index (κ2) is 16.7. The molecule has 4 aromatic carbocycles. The van der Waals surface area contributed by atoms with Gasteiger partial charge in [0.2, 0.25) is 0 Å². The highest BCUT2D eigenvalue weighted by Gasteiger charge is 2.23. The van der Waals surface area contributed by atoms with Gasteiger partial charge >= 0.3 is 0 Å². The fraction of sp³-hybridized carbons (Fsp3) is 0.333. The second-order valence-corrected chi connectivity index (χ2v) is 15.5. The van der Waals surface area contributed by atoms with E-state index in [9.17, 15) is 0 Å². The van der Waals surface area contributed by atoms with Crippen molar-refractivity contribution in [3.8, 4) is 45.6 Å². The van der Waals surface area contributed by atoms with Crippen LogP contribution in [0.3, 0.4) is 0 Å². The maximum Gasteiger partial charge on any atom is 0.175 e. The lowest BCUT2D eigenvalue weighted by Crippen LogP contribution is -1.89. The van der Waals surface area contributed by atoms with E-state index in [0.717, 1.165) is 45.9 Å². The summed E-state index contributed by atoms with van der Waals surface area (Å²) >= 11 is 0. The molecule has 3 aromatic heterocycles. The van der Waals surface area contributed by atoms with Crippen molar-refractivity contribution in [3.05, 3.63) is 96.6 Å². The highest BCUT2D eigenvalue weighted by atomic mass is 19.2. The number of H-pyrrole nitrogens is 1. The highest BCUT2D eigenvalue weighted by molar-refractivity contribution is 6.07. The lowest BCUT2D eigenvalue weighted by molar-refractivity contribution is 0.399. The van der Waals surface area contributed by atoms with Gasteiger partial charge in [-0.2, -0.15) is 0 Å². The van der Waals surface area contributed by atoms with Gasteiger partial charge in [-0.3, -0.25) is 0 Å². The minimum atomic E-state index is 0.118. The van der Waals surface area contributed by atoms with Gasteiger partial charge < -0.3 is 4.98 Å². The predicted octanol–water partition coefficient (Wildman–Crippen LogP) is 13.1. The van der Waals surface area contributed by atoms with Crippen LogP contribution in [0.25, 0.3) is 89.7 Å². The van der Waals surface area contributed by atoms with Gasteiger partial charge in [-0.15, -0.1) is 4.79 Å². The smallest absolute Gasteiger partial charge is 0.175 e. The van der Waals surface area contributed by atoms with E-state index in [2.05, 4.69) is 30.1 Å². The van der Waals surface area contributed by atoms with Crippen molar-refractivity contribution in [1.82, 2.24) is 39.7 Å². The number of fused-ring (bicyclic) bond motifs is 20. The third-order valence-electron chi connectivity index (χ3n) is 11.6. The van der Waals surface area contributed by atoms with E-state index in [1.807, 2.05) is 72.8 Å². The van der Waals surface area contributed by atoms with Crippen LogP contribution in [0.4, 0.5) is 4.48 Å². The number of halogens is 1. The molecule has 0 unspecified atom stereocenters. The predicted molar refractivity (Wildman–Crippen MR) is 230 cm³/mol. The van der Waals surface area contributed by atoms with Gasteiger partial charge in [-0.1, -0.05) is 186 Å². The summed E-state index contributed by atoms with van der Waals surface area (Å²) in [7, 11) is 0. The first-order valence-electron chi connectivity index (χ1n) is 21.1. The molecule has 0 saturated carbocycles. The topological polar surface area (TPSA) is 98.1 Å². The van der Waals surface area contributed by atoms with Crippen LogP contribution in [0.5, 0.6) is 0 Å². The van der Waals surface area contributed by atoms with Gasteiger partial charge in [0.25, 0.3) is 0 Å². The Hall–Kier alpha value is -5.83. The van der Waals surface area contributed by atoms with Crippen LogP contribution in [0.15, 0.2) is 91.0 Å². The summed E-state index contributed by atoms with van der Waals surface area (Å²) in [6, 6.07) is 29.6. The average Bonchev–Trinajstić information content (AvgIpc) is 3.96. The number of hydrogen-bond donors (Lipinski definition) is 1. The molecule has 0 aliphatic carbocycles. The van der Waals surface area contributed by atoms with Crippen LogP contribution in [-0.2, 0) is 6.42 Å². The standard InChI is InChI=1S/C48H49FN8/c1-2-3-4-5-6-7-8-9-10-11-12-13-14-15-23-32-24-22-31-39-40(32)46-53-42-34-26-17-19-28-36(34)44(51-42)56-48-38-30-21-20-29-37(38)47(57(48)49)55-43-35-27-18-16-25-33(35)41(50-43)52-45(39)54-46/h16-22,24-31H,2-15,23H2,1H3,(H,50,51,52,53,54,55,56). The molecule has 8 nitrogen and oxygen atoms in total. The Morgan fingerprint density at radius 3 is 1.37 bits per heavy atom. The molecule has 57 heavy (non-hydrogen) atoms. The second-order valence-electron chi connectivity index (χ2n) is 15.5. The number of aromatic nitrogens is 8. The van der Waals surface area contributed by atoms with Gasteiger partial charge in [0.05, 0.1) is 0 Å². The number of hydrogen-bond acceptors (Lipinski definition) is 6. The van der Waals surface area contributed by atoms with Crippen molar-refractivity contribution in [3.63, 3.8) is 0 Å². The Balaban J connectivity index is 1.09. The number of nitrogens with zero attached hydrogens (tertiary/aromatic N) is 7. The zero-order valence-corrected chi connectivity index (χ0v) is 32.8. The van der Waals surface area contributed by atoms with Crippen LogP contribution in [0.1, 0.15) is 102 Å². The van der Waals surface area contributed by atoms with Crippen molar-refractivity contribution in [2.45, 2.75) is 103 Å². The van der Waals surface area contributed by atoms with Crippen molar-refractivity contribution >= 4 is 44.1 Å². The Morgan fingerprint density at radius 2 is 0.860 bits per heavy atom. The number of unbranched alkanes of at least 4 members (excludes halogenated alkanes) is 13. The van der Waals surface area contributed by atoms with Crippen LogP contribution >= 0.6 is 0 Å². The number of aryl methyl sites for hydroxylation is 1. The molecule has 288 valence electrons. The maximum absolute atomic E-state index is 16.6. The molecular weight excluding hydrogens is 708 g/mol. The quantitative estimate of drug-likeness (QED) is 0.105. The molecular formula is C48H49FN8. The largest absolute Gasteiger partial charge is 0.324 e. The van der Waals surface area contributed by atoms with E-state index in [1.165, 1.54) is 89.0 Å². The molecule has 2 aliphatic rings. The molecule has 0 amide bonds. The normalized spacial score (nSPS) is 12.0. The van der Waals surface area contributed by atoms with E-state index in [-0.39, 0.29) is 11.3 Å². The first-order chi connectivity index (χ1) is 28.2. The summed E-state index contributed by atoms with van der Waals surface area (Å²) in [6.45, 7) is 2.28. The van der Waals surface area contributed by atoms with Gasteiger partial charge in [0.15, 0.2) is 34.6 Å². The van der Waals surface area contributed by atoms with Gasteiger partial charge in [0, 0.05) is 43.8 Å². The first-order valence-corrected chi connectivity index (χ1v) is 21.1. The number of benzene rings is 4. The zero-order valence-electron chi connectivity index (χ0n) is 32.8. The molecule has 0 saturated heterocycles. The van der Waals surface area contributed by atoms with Crippen LogP contribution < -0.4 is 0 Å². The van der Waals surface area contributed by atoms with Crippen LogP contribution in [-0.4, -0.2) is 39.7 Å². The lowest BCUT2D eigenvalue weighted by Gasteiger charge is -2.05. The lowest BCUT2D eigenvalue weighted by atomic mass is 10.0. The highest BCUT2D eigenvalue weighted by Crippen LogP contribution is 2.38. The fourth-order valence-electron chi connectivity index (χ4n) is 8.54. The van der Waals surface area contributed by atoms with Crippen molar-refractivity contribution in [2.75, 3.05) is 0 Å². The van der Waals surface area contributed by atoms with Crippen molar-refractivity contribution < 1.29 is 4.48 Å². The Kier molecular flexibility index (Phi) is 10.8. The van der Waals surface area contributed by atoms with Crippen LogP contribution in [0.2, 0.25) is 0 Å². The summed E-state index contributed by atoms with van der Waals surface area (Å²) < 4.78 is 16.6. The maximum atomic E-state index is 16.6.